The summed E-state index contributed by atoms with van der Waals surface area (Å²) in [5.41, 5.74) is 1.56. The van der Waals surface area contributed by atoms with Gasteiger partial charge in [-0.15, -0.1) is 4.40 Å². The number of carbonyl (C=O) groups is 1. The van der Waals surface area contributed by atoms with Gasteiger partial charge in [-0.25, -0.2) is 0 Å². The van der Waals surface area contributed by atoms with Crippen molar-refractivity contribution < 1.29 is 13.2 Å². The van der Waals surface area contributed by atoms with Crippen molar-refractivity contribution in [2.45, 2.75) is 63.7 Å². The number of nitrogens with one attached hydrogen (secondary N) is 2. The van der Waals surface area contributed by atoms with E-state index in [4.69, 9.17) is 0 Å². The van der Waals surface area contributed by atoms with Crippen LogP contribution in [0.1, 0.15) is 58.8 Å². The number of nitrogens with zero attached hydrogens (tertiary/aromatic N) is 1. The molecule has 6 nitrogen and oxygen atoms in total. The SMILES string of the molecule is CC(C)(CC(=O)NCCC1=CCCCC1)CC1=NS(=O)(=O)c2ccccc2N1. The van der Waals surface area contributed by atoms with E-state index in [0.717, 1.165) is 19.3 Å². The Morgan fingerprint density at radius 1 is 1.25 bits per heavy atom. The molecule has 1 aliphatic carbocycles. The van der Waals surface area contributed by atoms with E-state index >= 15 is 0 Å². The topological polar surface area (TPSA) is 87.6 Å². The Hall–Kier alpha value is -2.15. The fraction of sp³-hybridized carbons (Fsp3) is 0.524. The van der Waals surface area contributed by atoms with E-state index in [9.17, 15) is 13.2 Å². The first-order chi connectivity index (χ1) is 13.3. The largest absolute Gasteiger partial charge is 0.356 e. The average Bonchev–Trinajstić information content (AvgIpc) is 2.61. The van der Waals surface area contributed by atoms with Gasteiger partial charge in [-0.05, 0) is 49.7 Å². The minimum absolute atomic E-state index is 0.0129. The van der Waals surface area contributed by atoms with Gasteiger partial charge in [0.1, 0.15) is 10.7 Å². The molecule has 1 aromatic carbocycles. The summed E-state index contributed by atoms with van der Waals surface area (Å²) in [5.74, 6) is 0.366. The monoisotopic (exact) mass is 403 g/mol. The number of fused-ring (bicyclic) bond motifs is 1. The molecule has 0 radical (unpaired) electrons. The standard InChI is InChI=1S/C21H29N3O3S/c1-21(2,15-20(25)22-13-12-16-8-4-3-5-9-16)14-19-23-17-10-6-7-11-18(17)28(26,27)24-19/h6-8,10-11H,3-5,9,12-15H2,1-2H3,(H,22,25)(H,23,24). The van der Waals surface area contributed by atoms with Gasteiger partial charge in [0, 0.05) is 19.4 Å². The smallest absolute Gasteiger partial charge is 0.286 e. The van der Waals surface area contributed by atoms with Gasteiger partial charge in [0.15, 0.2) is 0 Å². The minimum atomic E-state index is -3.70. The van der Waals surface area contributed by atoms with Crippen molar-refractivity contribution in [2.75, 3.05) is 11.9 Å². The summed E-state index contributed by atoms with van der Waals surface area (Å²) in [7, 11) is -3.70. The van der Waals surface area contributed by atoms with Crippen molar-refractivity contribution >= 4 is 27.5 Å². The number of amides is 1. The first-order valence-electron chi connectivity index (χ1n) is 9.90. The molecule has 3 rings (SSSR count). The van der Waals surface area contributed by atoms with Gasteiger partial charge in [0.2, 0.25) is 5.91 Å². The molecule has 0 spiro atoms. The Kier molecular flexibility index (Phi) is 6.23. The van der Waals surface area contributed by atoms with E-state index in [1.165, 1.54) is 24.5 Å². The Balaban J connectivity index is 1.54. The van der Waals surface area contributed by atoms with Gasteiger partial charge < -0.3 is 10.6 Å². The summed E-state index contributed by atoms with van der Waals surface area (Å²) in [6.45, 7) is 4.56. The molecule has 0 aromatic heterocycles. The van der Waals surface area contributed by atoms with Crippen LogP contribution >= 0.6 is 0 Å². The van der Waals surface area contributed by atoms with Crippen LogP contribution in [0.3, 0.4) is 0 Å². The predicted octanol–water partition coefficient (Wildman–Crippen LogP) is 4.01. The number of allylic oxidation sites excluding steroid dienone is 1. The van der Waals surface area contributed by atoms with Gasteiger partial charge in [0.05, 0.1) is 5.69 Å². The van der Waals surface area contributed by atoms with Crippen LogP contribution in [0.15, 0.2) is 45.2 Å². The second-order valence-corrected chi connectivity index (χ2v) is 9.93. The second-order valence-electron chi connectivity index (χ2n) is 8.36. The maximum Gasteiger partial charge on any atom is 0.286 e. The molecule has 7 heteroatoms. The van der Waals surface area contributed by atoms with Crippen LogP contribution in [0.2, 0.25) is 0 Å². The molecule has 1 aromatic rings. The van der Waals surface area contributed by atoms with Crippen LogP contribution in [-0.2, 0) is 14.8 Å². The lowest BCUT2D eigenvalue weighted by atomic mass is 9.84. The van der Waals surface area contributed by atoms with Gasteiger partial charge >= 0.3 is 0 Å². The van der Waals surface area contributed by atoms with Crippen molar-refractivity contribution in [1.82, 2.24) is 5.32 Å². The summed E-state index contributed by atoms with van der Waals surface area (Å²) in [6, 6.07) is 6.72. The molecule has 0 fully saturated rings. The van der Waals surface area contributed by atoms with Crippen LogP contribution in [0.4, 0.5) is 5.69 Å². The van der Waals surface area contributed by atoms with E-state index in [1.54, 1.807) is 18.2 Å². The van der Waals surface area contributed by atoms with Gasteiger partial charge in [-0.3, -0.25) is 4.79 Å². The molecule has 2 N–H and O–H groups in total. The predicted molar refractivity (Wildman–Crippen MR) is 112 cm³/mol. The highest BCUT2D eigenvalue weighted by Crippen LogP contribution is 2.32. The normalized spacial score (nSPS) is 18.4. The number of hydrogen-bond acceptors (Lipinski definition) is 4. The van der Waals surface area contributed by atoms with Crippen molar-refractivity contribution in [1.29, 1.82) is 0 Å². The minimum Gasteiger partial charge on any atom is -0.356 e. The number of anilines is 1. The fourth-order valence-electron chi connectivity index (χ4n) is 3.75. The highest BCUT2D eigenvalue weighted by Gasteiger charge is 2.29. The van der Waals surface area contributed by atoms with Crippen LogP contribution in [-0.4, -0.2) is 26.7 Å². The molecule has 0 saturated heterocycles. The molecular weight excluding hydrogens is 374 g/mol. The van der Waals surface area contributed by atoms with Crippen molar-refractivity contribution in [3.8, 4) is 0 Å². The molecule has 1 aliphatic heterocycles. The lowest BCUT2D eigenvalue weighted by molar-refractivity contribution is -0.122. The first kappa shape index (κ1) is 20.6. The van der Waals surface area contributed by atoms with Crippen molar-refractivity contribution in [2.24, 2.45) is 9.81 Å². The summed E-state index contributed by atoms with van der Waals surface area (Å²) in [6.07, 6.45) is 8.70. The third-order valence-corrected chi connectivity index (χ3v) is 6.49. The third-order valence-electron chi connectivity index (χ3n) is 5.11. The average molecular weight is 404 g/mol. The van der Waals surface area contributed by atoms with E-state index < -0.39 is 15.4 Å². The number of amidine groups is 1. The highest BCUT2D eigenvalue weighted by atomic mass is 32.2. The lowest BCUT2D eigenvalue weighted by Gasteiger charge is -2.27. The zero-order chi connectivity index (χ0) is 20.2. The maximum atomic E-state index is 12.4. The van der Waals surface area contributed by atoms with Crippen LogP contribution < -0.4 is 10.6 Å². The lowest BCUT2D eigenvalue weighted by Crippen LogP contribution is -2.33. The molecule has 0 atom stereocenters. The van der Waals surface area contributed by atoms with Crippen LogP contribution in [0.5, 0.6) is 0 Å². The number of benzene rings is 1. The highest BCUT2D eigenvalue weighted by molar-refractivity contribution is 7.90. The number of rotatable bonds is 7. The van der Waals surface area contributed by atoms with Gasteiger partial charge in [0.25, 0.3) is 10.0 Å². The van der Waals surface area contributed by atoms with E-state index in [2.05, 4.69) is 21.1 Å². The molecule has 2 aliphatic rings. The molecule has 28 heavy (non-hydrogen) atoms. The molecule has 0 bridgehead atoms. The van der Waals surface area contributed by atoms with Crippen LogP contribution in [0, 0.1) is 5.41 Å². The fourth-order valence-corrected chi connectivity index (χ4v) is 4.90. The maximum absolute atomic E-state index is 12.4. The number of hydrogen-bond donors (Lipinski definition) is 2. The summed E-state index contributed by atoms with van der Waals surface area (Å²) in [5, 5.41) is 6.10. The van der Waals surface area contributed by atoms with E-state index in [-0.39, 0.29) is 10.8 Å². The molecule has 1 heterocycles. The molecule has 0 unspecified atom stereocenters. The van der Waals surface area contributed by atoms with Crippen molar-refractivity contribution in [3.63, 3.8) is 0 Å². The quantitative estimate of drug-likeness (QED) is 0.673. The molecule has 152 valence electrons. The van der Waals surface area contributed by atoms with E-state index in [0.29, 0.717) is 30.9 Å². The number of para-hydroxylation sites is 1. The Morgan fingerprint density at radius 2 is 2.04 bits per heavy atom. The Morgan fingerprint density at radius 3 is 2.79 bits per heavy atom. The molecular formula is C21H29N3O3S. The summed E-state index contributed by atoms with van der Waals surface area (Å²) in [4.78, 5) is 12.5. The second kappa shape index (κ2) is 8.47. The molecule has 1 amide bonds. The number of carbonyl (C=O) groups excluding carboxylic acids is 1. The van der Waals surface area contributed by atoms with Crippen LogP contribution in [0.25, 0.3) is 0 Å². The Labute approximate surface area is 167 Å². The molecule has 0 saturated carbocycles. The zero-order valence-electron chi connectivity index (χ0n) is 16.6. The summed E-state index contributed by atoms with van der Waals surface area (Å²) >= 11 is 0. The third kappa shape index (κ3) is 5.44. The van der Waals surface area contributed by atoms with Gasteiger partial charge in [-0.1, -0.05) is 37.6 Å². The number of sulfonamides is 1. The zero-order valence-corrected chi connectivity index (χ0v) is 17.4. The first-order valence-corrected chi connectivity index (χ1v) is 11.3. The van der Waals surface area contributed by atoms with Gasteiger partial charge in [-0.2, -0.15) is 8.42 Å². The summed E-state index contributed by atoms with van der Waals surface area (Å²) < 4.78 is 28.7. The Bertz CT molecular complexity index is 901. The van der Waals surface area contributed by atoms with Crippen molar-refractivity contribution in [3.05, 3.63) is 35.9 Å². The van der Waals surface area contributed by atoms with E-state index in [1.807, 2.05) is 13.8 Å².